The van der Waals surface area contributed by atoms with Gasteiger partial charge in [-0.2, -0.15) is 0 Å². The van der Waals surface area contributed by atoms with E-state index in [1.165, 1.54) is 87.6 Å². The van der Waals surface area contributed by atoms with Crippen molar-refractivity contribution in [1.29, 1.82) is 0 Å². The van der Waals surface area contributed by atoms with Crippen LogP contribution in [0.3, 0.4) is 0 Å². The monoisotopic (exact) mass is 546 g/mol. The lowest BCUT2D eigenvalue weighted by molar-refractivity contribution is 0.645. The van der Waals surface area contributed by atoms with Crippen LogP contribution in [0, 0.1) is 0 Å². The molecule has 1 aliphatic rings. The summed E-state index contributed by atoms with van der Waals surface area (Å²) in [5.74, 6) is 0. The molecule has 0 heterocycles. The first kappa shape index (κ1) is 24.4. The van der Waals surface area contributed by atoms with Gasteiger partial charge in [-0.05, 0) is 99.7 Å². The van der Waals surface area contributed by atoms with E-state index in [4.69, 9.17) is 0 Å². The van der Waals surface area contributed by atoms with Crippen LogP contribution >= 0.6 is 0 Å². The molecule has 0 unspecified atom stereocenters. The number of rotatable bonds is 2. The highest BCUT2D eigenvalue weighted by Gasteiger charge is 2.33. The molecule has 0 aliphatic heterocycles. The van der Waals surface area contributed by atoms with E-state index in [-0.39, 0.29) is 5.41 Å². The first-order chi connectivity index (χ1) is 21.1. The molecular weight excluding hydrogens is 516 g/mol. The second-order valence-electron chi connectivity index (χ2n) is 12.5. The molecule has 0 heteroatoms. The molecule has 8 aromatic carbocycles. The second-order valence-corrected chi connectivity index (χ2v) is 12.5. The van der Waals surface area contributed by atoms with Crippen molar-refractivity contribution >= 4 is 43.1 Å². The summed E-state index contributed by atoms with van der Waals surface area (Å²) < 4.78 is 0. The van der Waals surface area contributed by atoms with Gasteiger partial charge in [0, 0.05) is 5.41 Å². The number of hydrogen-bond acceptors (Lipinski definition) is 0. The van der Waals surface area contributed by atoms with Gasteiger partial charge in [0.1, 0.15) is 0 Å². The van der Waals surface area contributed by atoms with Gasteiger partial charge in [-0.15, -0.1) is 0 Å². The molecule has 0 saturated carbocycles. The van der Waals surface area contributed by atoms with Crippen LogP contribution < -0.4 is 0 Å². The van der Waals surface area contributed by atoms with Crippen molar-refractivity contribution in [2.45, 2.75) is 19.3 Å². The third kappa shape index (κ3) is 3.44. The van der Waals surface area contributed by atoms with Crippen molar-refractivity contribution in [2.24, 2.45) is 0 Å². The maximum absolute atomic E-state index is 2.47. The summed E-state index contributed by atoms with van der Waals surface area (Å²) >= 11 is 0. The van der Waals surface area contributed by atoms with Crippen LogP contribution in [0.5, 0.6) is 0 Å². The highest BCUT2D eigenvalue weighted by Crippen LogP contribution is 2.50. The molecule has 8 aromatic rings. The predicted octanol–water partition coefficient (Wildman–Crippen LogP) is 11.9. The normalized spacial score (nSPS) is 13.5. The molecule has 0 aromatic heterocycles. The van der Waals surface area contributed by atoms with Gasteiger partial charge in [0.05, 0.1) is 0 Å². The minimum absolute atomic E-state index is 0.0768. The summed E-state index contributed by atoms with van der Waals surface area (Å²) in [5.41, 5.74) is 10.5. The zero-order valence-corrected chi connectivity index (χ0v) is 24.4. The molecule has 202 valence electrons. The largest absolute Gasteiger partial charge is 0.0622 e. The van der Waals surface area contributed by atoms with Crippen molar-refractivity contribution < 1.29 is 0 Å². The van der Waals surface area contributed by atoms with E-state index in [0.29, 0.717) is 0 Å². The van der Waals surface area contributed by atoms with Crippen molar-refractivity contribution in [3.8, 4) is 33.4 Å². The fourth-order valence-electron chi connectivity index (χ4n) is 7.79. The molecule has 1 aliphatic carbocycles. The predicted molar refractivity (Wildman–Crippen MR) is 185 cm³/mol. The van der Waals surface area contributed by atoms with E-state index in [1.54, 1.807) is 0 Å². The summed E-state index contributed by atoms with van der Waals surface area (Å²) in [6.45, 7) is 4.75. The molecule has 0 radical (unpaired) electrons. The highest BCUT2D eigenvalue weighted by molar-refractivity contribution is 6.22. The molecule has 0 spiro atoms. The third-order valence-corrected chi connectivity index (χ3v) is 9.84. The van der Waals surface area contributed by atoms with Crippen molar-refractivity contribution in [1.82, 2.24) is 0 Å². The molecule has 0 atom stereocenters. The summed E-state index contributed by atoms with van der Waals surface area (Å²) in [6.07, 6.45) is 0. The lowest BCUT2D eigenvalue weighted by Gasteiger charge is -2.35. The Morgan fingerprint density at radius 1 is 0.372 bits per heavy atom. The molecule has 43 heavy (non-hydrogen) atoms. The fraction of sp³-hybridized carbons (Fsp3) is 0.0698. The lowest BCUT2D eigenvalue weighted by atomic mass is 9.68. The van der Waals surface area contributed by atoms with E-state index < -0.39 is 0 Å². The molecule has 9 rings (SSSR count). The van der Waals surface area contributed by atoms with E-state index in [0.717, 1.165) is 0 Å². The standard InChI is InChI=1S/C43H30/c1-43(2)39-24-21-30(26-38(39)35-19-8-14-28-15-9-20-40(43)42(28)35)41-32-16-7-6-13-29(32)25-37-33-18-10-17-31(27-11-4-3-5-12-27)34(33)22-23-36(37)41/h3-26H,1-2H3. The van der Waals surface area contributed by atoms with Gasteiger partial charge in [-0.3, -0.25) is 0 Å². The summed E-state index contributed by atoms with van der Waals surface area (Å²) in [5, 5.41) is 10.5. The molecule has 0 N–H and O–H groups in total. The second kappa shape index (κ2) is 8.90. The van der Waals surface area contributed by atoms with Crippen LogP contribution in [0.2, 0.25) is 0 Å². The molecule has 0 nitrogen and oxygen atoms in total. The van der Waals surface area contributed by atoms with Gasteiger partial charge in [0.25, 0.3) is 0 Å². The number of benzene rings is 8. The number of hydrogen-bond donors (Lipinski definition) is 0. The minimum Gasteiger partial charge on any atom is -0.0622 e. The topological polar surface area (TPSA) is 0 Å². The Labute approximate surface area is 251 Å². The van der Waals surface area contributed by atoms with Gasteiger partial charge >= 0.3 is 0 Å². The van der Waals surface area contributed by atoms with Crippen molar-refractivity contribution in [3.63, 3.8) is 0 Å². The van der Waals surface area contributed by atoms with Gasteiger partial charge in [-0.25, -0.2) is 0 Å². The lowest BCUT2D eigenvalue weighted by Crippen LogP contribution is -2.23. The Morgan fingerprint density at radius 2 is 1.07 bits per heavy atom. The smallest absolute Gasteiger partial charge is 0.0159 e. The van der Waals surface area contributed by atoms with E-state index in [2.05, 4.69) is 159 Å². The Bertz CT molecular complexity index is 2400. The van der Waals surface area contributed by atoms with Crippen molar-refractivity contribution in [2.75, 3.05) is 0 Å². The zero-order valence-electron chi connectivity index (χ0n) is 24.4. The molecule has 0 bridgehead atoms. The fourth-order valence-corrected chi connectivity index (χ4v) is 7.79. The average Bonchev–Trinajstić information content (AvgIpc) is 3.06. The van der Waals surface area contributed by atoms with Gasteiger partial charge < -0.3 is 0 Å². The zero-order chi connectivity index (χ0) is 28.7. The average molecular weight is 547 g/mol. The van der Waals surface area contributed by atoms with Crippen LogP contribution in [-0.4, -0.2) is 0 Å². The van der Waals surface area contributed by atoms with Crippen LogP contribution in [-0.2, 0) is 5.41 Å². The first-order valence-corrected chi connectivity index (χ1v) is 15.2. The highest BCUT2D eigenvalue weighted by atomic mass is 14.4. The van der Waals surface area contributed by atoms with Crippen LogP contribution in [0.15, 0.2) is 146 Å². The summed E-state index contributed by atoms with van der Waals surface area (Å²) in [6, 6.07) is 54.2. The van der Waals surface area contributed by atoms with E-state index >= 15 is 0 Å². The summed E-state index contributed by atoms with van der Waals surface area (Å²) in [7, 11) is 0. The van der Waals surface area contributed by atoms with Crippen LogP contribution in [0.25, 0.3) is 76.5 Å². The summed E-state index contributed by atoms with van der Waals surface area (Å²) in [4.78, 5) is 0. The van der Waals surface area contributed by atoms with Gasteiger partial charge in [0.15, 0.2) is 0 Å². The maximum atomic E-state index is 2.47. The Hall–Kier alpha value is -5.20. The SMILES string of the molecule is CC1(C)c2ccc(-c3c4ccccc4cc4c3ccc3c(-c5ccccc5)cccc34)cc2-c2cccc3cccc1c23. The molecule has 0 fully saturated rings. The number of fused-ring (bicyclic) bond motifs is 6. The first-order valence-electron chi connectivity index (χ1n) is 15.2. The molecular formula is C43H30. The van der Waals surface area contributed by atoms with Crippen LogP contribution in [0.1, 0.15) is 25.0 Å². The van der Waals surface area contributed by atoms with E-state index in [9.17, 15) is 0 Å². The maximum Gasteiger partial charge on any atom is 0.0159 e. The van der Waals surface area contributed by atoms with Gasteiger partial charge in [0.2, 0.25) is 0 Å². The molecule has 0 amide bonds. The Balaban J connectivity index is 1.36. The van der Waals surface area contributed by atoms with Gasteiger partial charge in [-0.1, -0.05) is 147 Å². The van der Waals surface area contributed by atoms with Crippen LogP contribution in [0.4, 0.5) is 0 Å². The third-order valence-electron chi connectivity index (χ3n) is 9.84. The Morgan fingerprint density at radius 3 is 1.95 bits per heavy atom. The minimum atomic E-state index is -0.0768. The Kier molecular flexibility index (Phi) is 5.05. The quantitative estimate of drug-likeness (QED) is 0.149. The molecule has 0 saturated heterocycles. The van der Waals surface area contributed by atoms with Crippen molar-refractivity contribution in [3.05, 3.63) is 157 Å². The van der Waals surface area contributed by atoms with E-state index in [1.807, 2.05) is 0 Å².